The third kappa shape index (κ3) is 71.1. The van der Waals surface area contributed by atoms with Crippen molar-refractivity contribution in [3.05, 3.63) is 0 Å². The molecule has 582 valence electrons. The molecule has 0 aromatic carbocycles. The van der Waals surface area contributed by atoms with E-state index < -0.39 is 97.5 Å². The van der Waals surface area contributed by atoms with E-state index in [0.29, 0.717) is 31.6 Å². The predicted octanol–water partition coefficient (Wildman–Crippen LogP) is 23.2. The maximum Gasteiger partial charge on any atom is 0.472 e. The van der Waals surface area contributed by atoms with E-state index in [2.05, 4.69) is 55.4 Å². The first-order valence-corrected chi connectivity index (χ1v) is 43.7. The molecule has 0 aromatic heterocycles. The molecule has 6 atom stereocenters. The molecule has 3 N–H and O–H groups in total. The molecule has 0 aliphatic carbocycles. The Hall–Kier alpha value is -1.94. The maximum absolute atomic E-state index is 13.1. The zero-order valence-electron chi connectivity index (χ0n) is 64.4. The molecule has 0 saturated heterocycles. The van der Waals surface area contributed by atoms with Crippen molar-refractivity contribution >= 4 is 39.5 Å². The minimum atomic E-state index is -4.96. The highest BCUT2D eigenvalue weighted by Gasteiger charge is 2.30. The molecule has 0 aromatic rings. The minimum Gasteiger partial charge on any atom is -0.462 e. The van der Waals surface area contributed by atoms with Crippen LogP contribution in [-0.2, 0) is 65.4 Å². The number of rotatable bonds is 76. The van der Waals surface area contributed by atoms with Crippen LogP contribution in [0.15, 0.2) is 0 Å². The van der Waals surface area contributed by atoms with Crippen LogP contribution in [-0.4, -0.2) is 96.7 Å². The zero-order valence-corrected chi connectivity index (χ0v) is 66.2. The van der Waals surface area contributed by atoms with Gasteiger partial charge in [0.25, 0.3) is 0 Å². The van der Waals surface area contributed by atoms with Gasteiger partial charge in [-0.3, -0.25) is 37.3 Å². The van der Waals surface area contributed by atoms with Gasteiger partial charge in [-0.15, -0.1) is 0 Å². The van der Waals surface area contributed by atoms with Gasteiger partial charge < -0.3 is 33.8 Å². The normalized spacial score (nSPS) is 14.3. The Morgan fingerprint density at radius 3 is 0.724 bits per heavy atom. The van der Waals surface area contributed by atoms with Crippen molar-refractivity contribution < 1.29 is 80.2 Å². The SMILES string of the molecule is CCC(C)CCCCCCCCCCCCCCCCCCCCC(=O)OC[C@H](COP(=O)(O)OCC(O)COP(=O)(O)OC[C@@H](COC(=O)CCCCCCCCCCC(C)C)OC(=O)CCCCCCCCC(C)C)OC(=O)CCCCCCCCCCCCCCCC(C)C. The van der Waals surface area contributed by atoms with Gasteiger partial charge in [0.2, 0.25) is 0 Å². The number of hydrogen-bond acceptors (Lipinski definition) is 15. The van der Waals surface area contributed by atoms with Gasteiger partial charge in [-0.25, -0.2) is 9.13 Å². The van der Waals surface area contributed by atoms with Gasteiger partial charge in [-0.05, 0) is 49.4 Å². The van der Waals surface area contributed by atoms with Crippen molar-refractivity contribution in [3.63, 3.8) is 0 Å². The van der Waals surface area contributed by atoms with Gasteiger partial charge in [0.05, 0.1) is 26.4 Å². The topological polar surface area (TPSA) is 237 Å². The summed E-state index contributed by atoms with van der Waals surface area (Å²) in [6.07, 6.45) is 54.5. The third-order valence-electron chi connectivity index (χ3n) is 18.7. The Labute approximate surface area is 600 Å². The number of aliphatic hydroxyl groups excluding tert-OH is 1. The molecule has 98 heavy (non-hydrogen) atoms. The van der Waals surface area contributed by atoms with Crippen LogP contribution >= 0.6 is 15.6 Å². The highest BCUT2D eigenvalue weighted by Crippen LogP contribution is 2.45. The van der Waals surface area contributed by atoms with Crippen LogP contribution < -0.4 is 0 Å². The fourth-order valence-corrected chi connectivity index (χ4v) is 13.6. The predicted molar refractivity (Wildman–Crippen MR) is 400 cm³/mol. The smallest absolute Gasteiger partial charge is 0.462 e. The number of aliphatic hydroxyl groups is 1. The lowest BCUT2D eigenvalue weighted by molar-refractivity contribution is -0.161. The number of phosphoric acid groups is 2. The molecule has 0 aliphatic heterocycles. The first kappa shape index (κ1) is 96.1. The quantitative estimate of drug-likeness (QED) is 0.0222. The molecule has 0 amide bonds. The lowest BCUT2D eigenvalue weighted by Gasteiger charge is -2.21. The molecular weight excluding hydrogens is 1280 g/mol. The van der Waals surface area contributed by atoms with E-state index >= 15 is 0 Å². The second kappa shape index (κ2) is 68.2. The third-order valence-corrected chi connectivity index (χ3v) is 20.6. The van der Waals surface area contributed by atoms with Crippen molar-refractivity contribution in [3.8, 4) is 0 Å². The van der Waals surface area contributed by atoms with Crippen molar-refractivity contribution in [2.75, 3.05) is 39.6 Å². The van der Waals surface area contributed by atoms with Gasteiger partial charge in [0.15, 0.2) is 12.2 Å². The zero-order chi connectivity index (χ0) is 72.4. The standard InChI is InChI=1S/C79H154O17P2/c1-9-72(8)58-50-42-33-26-22-18-14-12-10-11-13-15-19-23-27-34-43-51-59-76(81)89-65-74(95-78(83)61-53-45-36-28-24-20-16-17-21-25-31-39-47-55-69(2)3)67-93-97(85,86)91-63-73(80)64-92-98(87,88)94-68-75(96-79(84)62-54-46-38-37-41-49-57-71(6)7)66-90-77(82)60-52-44-35-30-29-32-40-48-56-70(4)5/h69-75,80H,9-68H2,1-8H3,(H,85,86)(H,87,88)/t72?,73?,74-,75-/m1/s1. The van der Waals surface area contributed by atoms with Gasteiger partial charge in [-0.1, -0.05) is 351 Å². The summed E-state index contributed by atoms with van der Waals surface area (Å²) >= 11 is 0. The van der Waals surface area contributed by atoms with E-state index in [-0.39, 0.29) is 25.7 Å². The number of unbranched alkanes of at least 4 members (excludes halogenated alkanes) is 41. The molecule has 0 heterocycles. The Morgan fingerprint density at radius 2 is 0.490 bits per heavy atom. The number of carbonyl (C=O) groups is 4. The number of phosphoric ester groups is 2. The van der Waals surface area contributed by atoms with Crippen LogP contribution in [0.2, 0.25) is 0 Å². The average molecular weight is 1440 g/mol. The molecule has 0 fully saturated rings. The lowest BCUT2D eigenvalue weighted by atomic mass is 9.99. The number of ether oxygens (including phenoxy) is 4. The first-order chi connectivity index (χ1) is 47.1. The largest absolute Gasteiger partial charge is 0.472 e. The van der Waals surface area contributed by atoms with Crippen LogP contribution in [0.1, 0.15) is 402 Å². The molecule has 0 spiro atoms. The number of hydrogen-bond donors (Lipinski definition) is 3. The summed E-state index contributed by atoms with van der Waals surface area (Å²) in [5.74, 6) is 0.933. The molecule has 19 heteroatoms. The molecule has 0 rings (SSSR count). The maximum atomic E-state index is 13.1. The Bertz CT molecular complexity index is 1920. The summed E-state index contributed by atoms with van der Waals surface area (Å²) in [7, 11) is -9.91. The fourth-order valence-electron chi connectivity index (χ4n) is 12.0. The van der Waals surface area contributed by atoms with Crippen LogP contribution in [0.4, 0.5) is 0 Å². The van der Waals surface area contributed by atoms with Gasteiger partial charge >= 0.3 is 39.5 Å². The first-order valence-electron chi connectivity index (χ1n) is 40.7. The van der Waals surface area contributed by atoms with Crippen LogP contribution in [0.25, 0.3) is 0 Å². The van der Waals surface area contributed by atoms with Gasteiger partial charge in [-0.2, -0.15) is 0 Å². The molecule has 0 radical (unpaired) electrons. The number of carbonyl (C=O) groups excluding carboxylic acids is 4. The van der Waals surface area contributed by atoms with Crippen molar-refractivity contribution in [2.24, 2.45) is 23.7 Å². The fraction of sp³-hybridized carbons (Fsp3) is 0.949. The van der Waals surface area contributed by atoms with Gasteiger partial charge in [0, 0.05) is 25.7 Å². The highest BCUT2D eigenvalue weighted by atomic mass is 31.2. The molecule has 17 nitrogen and oxygen atoms in total. The highest BCUT2D eigenvalue weighted by molar-refractivity contribution is 7.47. The Kier molecular flexibility index (Phi) is 66.8. The summed E-state index contributed by atoms with van der Waals surface area (Å²) in [6, 6.07) is 0. The second-order valence-corrected chi connectivity index (χ2v) is 33.0. The van der Waals surface area contributed by atoms with E-state index in [0.717, 1.165) is 108 Å². The van der Waals surface area contributed by atoms with Crippen molar-refractivity contribution in [1.82, 2.24) is 0 Å². The van der Waals surface area contributed by atoms with Crippen LogP contribution in [0.5, 0.6) is 0 Å². The van der Waals surface area contributed by atoms with Gasteiger partial charge in [0.1, 0.15) is 19.3 Å². The summed E-state index contributed by atoms with van der Waals surface area (Å²) in [6.45, 7) is 14.2. The van der Waals surface area contributed by atoms with E-state index in [1.807, 2.05) is 0 Å². The number of esters is 4. The summed E-state index contributed by atoms with van der Waals surface area (Å²) in [4.78, 5) is 72.8. The molecule has 4 unspecified atom stereocenters. The lowest BCUT2D eigenvalue weighted by Crippen LogP contribution is -2.30. The molecule has 0 aliphatic rings. The Morgan fingerprint density at radius 1 is 0.286 bits per heavy atom. The summed E-state index contributed by atoms with van der Waals surface area (Å²) < 4.78 is 68.5. The van der Waals surface area contributed by atoms with Crippen molar-refractivity contribution in [2.45, 2.75) is 420 Å². The molecule has 0 bridgehead atoms. The van der Waals surface area contributed by atoms with Crippen molar-refractivity contribution in [1.29, 1.82) is 0 Å². The molecule has 0 saturated carbocycles. The van der Waals surface area contributed by atoms with E-state index in [1.54, 1.807) is 0 Å². The summed E-state index contributed by atoms with van der Waals surface area (Å²) in [5.41, 5.74) is 0. The summed E-state index contributed by atoms with van der Waals surface area (Å²) in [5, 5.41) is 10.6. The molecular formula is C79H154O17P2. The minimum absolute atomic E-state index is 0.101. The van der Waals surface area contributed by atoms with E-state index in [4.69, 9.17) is 37.0 Å². The van der Waals surface area contributed by atoms with E-state index in [9.17, 15) is 43.2 Å². The second-order valence-electron chi connectivity index (χ2n) is 30.1. The van der Waals surface area contributed by atoms with E-state index in [1.165, 1.54) is 205 Å². The monoisotopic (exact) mass is 1440 g/mol. The average Bonchev–Trinajstić information content (AvgIpc) is 1.01. The van der Waals surface area contributed by atoms with Crippen LogP contribution in [0.3, 0.4) is 0 Å². The Balaban J connectivity index is 5.17. The van der Waals surface area contributed by atoms with Crippen LogP contribution in [0, 0.1) is 23.7 Å².